The zero-order chi connectivity index (χ0) is 10.3. The summed E-state index contributed by atoms with van der Waals surface area (Å²) in [6.07, 6.45) is 1.82. The Labute approximate surface area is 90.0 Å². The fourth-order valence-electron chi connectivity index (χ4n) is 1.48. The molecule has 0 unspecified atom stereocenters. The van der Waals surface area contributed by atoms with E-state index in [1.165, 1.54) is 23.1 Å². The zero-order valence-electron chi connectivity index (χ0n) is 7.79. The molecule has 1 aliphatic rings. The number of carbonyl (C=O) groups excluding carboxylic acids is 2. The molecule has 1 aromatic rings. The summed E-state index contributed by atoms with van der Waals surface area (Å²) in [5.41, 5.74) is 1.15. The number of Topliss-reactive ketones (excluding diaryl/α,β-unsaturated/α-hetero) is 2. The van der Waals surface area contributed by atoms with Crippen molar-refractivity contribution in [2.45, 2.75) is 6.92 Å². The number of carbonyl (C=O) groups is 2. The second-order valence-electron chi connectivity index (χ2n) is 2.98. The number of hydrogen-bond acceptors (Lipinski definition) is 4. The first-order valence-electron chi connectivity index (χ1n) is 4.08. The molecule has 14 heavy (non-hydrogen) atoms. The van der Waals surface area contributed by atoms with Crippen molar-refractivity contribution in [1.82, 2.24) is 0 Å². The van der Waals surface area contributed by atoms with Gasteiger partial charge in [0, 0.05) is 11.1 Å². The van der Waals surface area contributed by atoms with E-state index in [1.807, 2.05) is 6.26 Å². The molecule has 0 aliphatic heterocycles. The number of allylic oxidation sites excluding steroid dienone is 2. The molecular formula is C10H8O2S2. The molecule has 0 N–H and O–H groups in total. The Kier molecular flexibility index (Phi) is 2.33. The van der Waals surface area contributed by atoms with E-state index in [0.717, 1.165) is 0 Å². The van der Waals surface area contributed by atoms with E-state index in [9.17, 15) is 9.59 Å². The van der Waals surface area contributed by atoms with Crippen LogP contribution in [0.4, 0.5) is 0 Å². The number of rotatable bonds is 1. The molecule has 0 saturated carbocycles. The Morgan fingerprint density at radius 2 is 2.00 bits per heavy atom. The first kappa shape index (κ1) is 9.68. The van der Waals surface area contributed by atoms with Crippen LogP contribution < -0.4 is 0 Å². The van der Waals surface area contributed by atoms with Crippen molar-refractivity contribution >= 4 is 34.7 Å². The molecule has 0 radical (unpaired) electrons. The minimum absolute atomic E-state index is 0.000972. The summed E-state index contributed by atoms with van der Waals surface area (Å²) in [5, 5.41) is 1.79. The van der Waals surface area contributed by atoms with Gasteiger partial charge < -0.3 is 0 Å². The highest BCUT2D eigenvalue weighted by Crippen LogP contribution is 2.33. The van der Waals surface area contributed by atoms with Crippen LogP contribution in [0.2, 0.25) is 0 Å². The van der Waals surface area contributed by atoms with E-state index in [2.05, 4.69) is 0 Å². The van der Waals surface area contributed by atoms with Gasteiger partial charge in [0.25, 0.3) is 0 Å². The van der Waals surface area contributed by atoms with Crippen LogP contribution in [0.1, 0.15) is 27.0 Å². The summed E-state index contributed by atoms with van der Waals surface area (Å²) >= 11 is 2.69. The average molecular weight is 224 g/mol. The molecule has 0 amide bonds. The van der Waals surface area contributed by atoms with Gasteiger partial charge in [0.15, 0.2) is 0 Å². The normalized spacial score (nSPS) is 16.1. The van der Waals surface area contributed by atoms with Crippen molar-refractivity contribution in [1.29, 1.82) is 0 Å². The molecule has 2 nitrogen and oxygen atoms in total. The third-order valence-electron chi connectivity index (χ3n) is 2.21. The molecule has 1 heterocycles. The summed E-state index contributed by atoms with van der Waals surface area (Å²) in [4.78, 5) is 24.8. The fourth-order valence-corrected chi connectivity index (χ4v) is 3.06. The zero-order valence-corrected chi connectivity index (χ0v) is 9.42. The van der Waals surface area contributed by atoms with Crippen molar-refractivity contribution in [3.8, 4) is 0 Å². The van der Waals surface area contributed by atoms with E-state index in [0.29, 0.717) is 20.9 Å². The lowest BCUT2D eigenvalue weighted by Crippen LogP contribution is -2.16. The molecule has 0 aromatic carbocycles. The van der Waals surface area contributed by atoms with E-state index in [4.69, 9.17) is 0 Å². The van der Waals surface area contributed by atoms with Gasteiger partial charge in [-0.05, 0) is 24.6 Å². The van der Waals surface area contributed by atoms with Crippen LogP contribution in [0.25, 0.3) is 0 Å². The van der Waals surface area contributed by atoms with Crippen LogP contribution in [-0.4, -0.2) is 17.8 Å². The lowest BCUT2D eigenvalue weighted by Gasteiger charge is -2.13. The molecule has 1 aromatic heterocycles. The smallest absolute Gasteiger partial charge is 0.201 e. The topological polar surface area (TPSA) is 34.1 Å². The predicted octanol–water partition coefficient (Wildman–Crippen LogP) is 2.76. The lowest BCUT2D eigenvalue weighted by atomic mass is 9.97. The fraction of sp³-hybridized carbons (Fsp3) is 0.200. The second-order valence-corrected chi connectivity index (χ2v) is 4.71. The van der Waals surface area contributed by atoms with Crippen LogP contribution in [-0.2, 0) is 0 Å². The summed E-state index contributed by atoms with van der Waals surface area (Å²) in [6, 6.07) is 1.73. The van der Waals surface area contributed by atoms with Crippen LogP contribution in [0, 0.1) is 0 Å². The Hall–Kier alpha value is -0.870. The molecule has 72 valence electrons. The summed E-state index contributed by atoms with van der Waals surface area (Å²) in [5.74, 6) is -0.00944. The number of hydrogen-bond donors (Lipinski definition) is 0. The van der Waals surface area contributed by atoms with Gasteiger partial charge in [0.1, 0.15) is 0 Å². The summed E-state index contributed by atoms with van der Waals surface area (Å²) in [6.45, 7) is 1.72. The Balaban J connectivity index is 2.66. The highest BCUT2D eigenvalue weighted by molar-refractivity contribution is 8.03. The van der Waals surface area contributed by atoms with Gasteiger partial charge in [0.2, 0.25) is 11.6 Å². The molecule has 0 spiro atoms. The Bertz CT molecular complexity index is 454. The molecule has 0 fully saturated rings. The van der Waals surface area contributed by atoms with Gasteiger partial charge in [-0.3, -0.25) is 9.59 Å². The molecular weight excluding hydrogens is 216 g/mol. The van der Waals surface area contributed by atoms with Crippen molar-refractivity contribution in [3.63, 3.8) is 0 Å². The molecule has 4 heteroatoms. The predicted molar refractivity (Wildman–Crippen MR) is 59.2 cm³/mol. The molecule has 0 bridgehead atoms. The first-order chi connectivity index (χ1) is 6.66. The number of thioether (sulfide) groups is 1. The largest absolute Gasteiger partial charge is 0.288 e. The maximum Gasteiger partial charge on any atom is 0.201 e. The van der Waals surface area contributed by atoms with E-state index in [1.54, 1.807) is 18.4 Å². The first-order valence-corrected chi connectivity index (χ1v) is 6.19. The van der Waals surface area contributed by atoms with E-state index >= 15 is 0 Å². The molecule has 1 aliphatic carbocycles. The summed E-state index contributed by atoms with van der Waals surface area (Å²) < 4.78 is 0. The van der Waals surface area contributed by atoms with Crippen molar-refractivity contribution < 1.29 is 9.59 Å². The van der Waals surface area contributed by atoms with Crippen molar-refractivity contribution in [2.75, 3.05) is 6.26 Å². The van der Waals surface area contributed by atoms with Gasteiger partial charge in [-0.2, -0.15) is 0 Å². The van der Waals surface area contributed by atoms with E-state index in [-0.39, 0.29) is 11.6 Å². The third kappa shape index (κ3) is 1.18. The summed E-state index contributed by atoms with van der Waals surface area (Å²) in [7, 11) is 0. The molecule has 0 saturated heterocycles. The van der Waals surface area contributed by atoms with Gasteiger partial charge in [0.05, 0.1) is 9.78 Å². The lowest BCUT2D eigenvalue weighted by molar-refractivity contribution is 0.0985. The Morgan fingerprint density at radius 3 is 2.64 bits per heavy atom. The van der Waals surface area contributed by atoms with E-state index < -0.39 is 0 Å². The number of ketones is 2. The van der Waals surface area contributed by atoms with Gasteiger partial charge in [-0.15, -0.1) is 23.1 Å². The average Bonchev–Trinajstić information content (AvgIpc) is 2.64. The quantitative estimate of drug-likeness (QED) is 0.735. The van der Waals surface area contributed by atoms with Crippen LogP contribution in [0.15, 0.2) is 21.9 Å². The Morgan fingerprint density at radius 1 is 1.29 bits per heavy atom. The standard InChI is InChI=1S/C10H8O2S2/c1-5-7(11)10-6(3-4-14-10)8(12)9(5)13-2/h3-4H,1-2H3. The highest BCUT2D eigenvalue weighted by atomic mass is 32.2. The minimum Gasteiger partial charge on any atom is -0.288 e. The monoisotopic (exact) mass is 224 g/mol. The third-order valence-corrected chi connectivity index (χ3v) is 4.02. The SMILES string of the molecule is CSC1=C(C)C(=O)c2sccc2C1=O. The molecule has 0 atom stereocenters. The second kappa shape index (κ2) is 3.37. The highest BCUT2D eigenvalue weighted by Gasteiger charge is 2.30. The van der Waals surface area contributed by atoms with Crippen molar-refractivity contribution in [3.05, 3.63) is 32.4 Å². The number of fused-ring (bicyclic) bond motifs is 1. The van der Waals surface area contributed by atoms with Crippen LogP contribution >= 0.6 is 23.1 Å². The van der Waals surface area contributed by atoms with Gasteiger partial charge in [-0.1, -0.05) is 0 Å². The van der Waals surface area contributed by atoms with Gasteiger partial charge >= 0.3 is 0 Å². The minimum atomic E-state index is -0.00847. The number of thiophene rings is 1. The van der Waals surface area contributed by atoms with Crippen LogP contribution in [0.3, 0.4) is 0 Å². The molecule has 2 rings (SSSR count). The maximum atomic E-state index is 11.8. The van der Waals surface area contributed by atoms with Gasteiger partial charge in [-0.25, -0.2) is 0 Å². The maximum absolute atomic E-state index is 11.8. The van der Waals surface area contributed by atoms with Crippen LogP contribution in [0.5, 0.6) is 0 Å². The van der Waals surface area contributed by atoms with Crippen molar-refractivity contribution in [2.24, 2.45) is 0 Å².